The maximum atomic E-state index is 12.3. The van der Waals surface area contributed by atoms with E-state index >= 15 is 0 Å². The molecule has 2 fully saturated rings. The smallest absolute Gasteiger partial charge is 0.236 e. The number of carbonyl (C=O) groups excluding carboxylic acids is 2. The normalized spacial score (nSPS) is 21.5. The molecule has 0 bridgehead atoms. The quantitative estimate of drug-likeness (QED) is 0.628. The fourth-order valence-corrected chi connectivity index (χ4v) is 4.00. The summed E-state index contributed by atoms with van der Waals surface area (Å²) >= 11 is 0. The summed E-state index contributed by atoms with van der Waals surface area (Å²) in [7, 11) is -3.13. The van der Waals surface area contributed by atoms with Crippen LogP contribution in [0.3, 0.4) is 0 Å². The summed E-state index contributed by atoms with van der Waals surface area (Å²) in [4.78, 5) is 29.2. The fourth-order valence-electron chi connectivity index (χ4n) is 2.91. The van der Waals surface area contributed by atoms with Crippen molar-refractivity contribution in [2.75, 3.05) is 64.7 Å². The van der Waals surface area contributed by atoms with Crippen LogP contribution in [0.2, 0.25) is 0 Å². The van der Waals surface area contributed by atoms with E-state index < -0.39 is 10.0 Å². The Balaban J connectivity index is 1.76. The van der Waals surface area contributed by atoms with Gasteiger partial charge in [-0.3, -0.25) is 14.5 Å². The van der Waals surface area contributed by atoms with Gasteiger partial charge in [0, 0.05) is 59.3 Å². The average molecular weight is 346 g/mol. The highest BCUT2D eigenvalue weighted by molar-refractivity contribution is 7.89. The number of nitrogens with zero attached hydrogens (tertiary/aromatic N) is 4. The molecule has 2 rings (SSSR count). The Morgan fingerprint density at radius 2 is 1.39 bits per heavy atom. The van der Waals surface area contributed by atoms with Crippen LogP contribution in [0.15, 0.2) is 0 Å². The summed E-state index contributed by atoms with van der Waals surface area (Å²) in [6.07, 6.45) is 0. The van der Waals surface area contributed by atoms with Gasteiger partial charge in [-0.15, -0.1) is 0 Å². The van der Waals surface area contributed by atoms with Crippen molar-refractivity contribution < 1.29 is 18.0 Å². The third-order valence-electron chi connectivity index (χ3n) is 4.53. The molecule has 2 amide bonds. The van der Waals surface area contributed by atoms with Crippen LogP contribution < -0.4 is 0 Å². The second-order valence-corrected chi connectivity index (χ2v) is 8.22. The van der Waals surface area contributed by atoms with Gasteiger partial charge < -0.3 is 9.80 Å². The molecule has 0 spiro atoms. The molecule has 132 valence electrons. The topological polar surface area (TPSA) is 81.2 Å². The van der Waals surface area contributed by atoms with Crippen LogP contribution in [0.25, 0.3) is 0 Å². The Kier molecular flexibility index (Phi) is 5.99. The molecule has 23 heavy (non-hydrogen) atoms. The molecule has 0 atom stereocenters. The minimum atomic E-state index is -3.13. The molecule has 9 heteroatoms. The van der Waals surface area contributed by atoms with Gasteiger partial charge in [0.25, 0.3) is 0 Å². The molecule has 0 unspecified atom stereocenters. The zero-order valence-corrected chi connectivity index (χ0v) is 14.7. The van der Waals surface area contributed by atoms with Crippen molar-refractivity contribution in [1.29, 1.82) is 0 Å². The maximum absolute atomic E-state index is 12.3. The number of hydrogen-bond donors (Lipinski definition) is 0. The fraction of sp³-hybridized carbons (Fsp3) is 0.857. The lowest BCUT2D eigenvalue weighted by molar-refractivity contribution is -0.139. The second-order valence-electron chi connectivity index (χ2n) is 5.96. The minimum Gasteiger partial charge on any atom is -0.339 e. The number of piperazine rings is 2. The Morgan fingerprint density at radius 3 is 1.87 bits per heavy atom. The van der Waals surface area contributed by atoms with Crippen molar-refractivity contribution in [3.8, 4) is 0 Å². The molecule has 8 nitrogen and oxygen atoms in total. The highest BCUT2D eigenvalue weighted by Gasteiger charge is 2.28. The van der Waals surface area contributed by atoms with Crippen molar-refractivity contribution in [2.45, 2.75) is 13.8 Å². The van der Waals surface area contributed by atoms with Gasteiger partial charge in [0.1, 0.15) is 0 Å². The van der Waals surface area contributed by atoms with Crippen molar-refractivity contribution in [2.24, 2.45) is 0 Å². The molecule has 0 N–H and O–H groups in total. The van der Waals surface area contributed by atoms with E-state index in [4.69, 9.17) is 0 Å². The summed E-state index contributed by atoms with van der Waals surface area (Å²) in [6.45, 7) is 7.88. The van der Waals surface area contributed by atoms with Crippen molar-refractivity contribution in [3.63, 3.8) is 0 Å². The Bertz CT molecular complexity index is 535. The van der Waals surface area contributed by atoms with E-state index in [1.165, 1.54) is 4.31 Å². The Morgan fingerprint density at radius 1 is 0.870 bits per heavy atom. The first-order chi connectivity index (χ1) is 10.8. The van der Waals surface area contributed by atoms with Crippen LogP contribution >= 0.6 is 0 Å². The van der Waals surface area contributed by atoms with Gasteiger partial charge in [-0.1, -0.05) is 0 Å². The predicted octanol–water partition coefficient (Wildman–Crippen LogP) is -1.36. The monoisotopic (exact) mass is 346 g/mol. The standard InChI is InChI=1S/C14H26N4O4S/c1-3-23(21,22)18-10-4-15(5-11-18)12-14(20)17-8-6-16(7-9-17)13(2)19/h3-12H2,1-2H3. The number of rotatable bonds is 4. The summed E-state index contributed by atoms with van der Waals surface area (Å²) in [5.41, 5.74) is 0. The lowest BCUT2D eigenvalue weighted by atomic mass is 10.3. The molecule has 0 radical (unpaired) electrons. The van der Waals surface area contributed by atoms with E-state index in [-0.39, 0.29) is 17.6 Å². The van der Waals surface area contributed by atoms with Gasteiger partial charge in [0.2, 0.25) is 21.8 Å². The van der Waals surface area contributed by atoms with Crippen LogP contribution in [-0.2, 0) is 19.6 Å². The molecule has 2 aliphatic rings. The minimum absolute atomic E-state index is 0.0466. The highest BCUT2D eigenvalue weighted by Crippen LogP contribution is 2.09. The molecule has 0 aromatic carbocycles. The molecule has 2 aliphatic heterocycles. The van der Waals surface area contributed by atoms with Crippen molar-refractivity contribution in [1.82, 2.24) is 19.0 Å². The number of hydrogen-bond acceptors (Lipinski definition) is 5. The van der Waals surface area contributed by atoms with Gasteiger partial charge in [0.05, 0.1) is 12.3 Å². The first kappa shape index (κ1) is 18.2. The van der Waals surface area contributed by atoms with Crippen molar-refractivity contribution >= 4 is 21.8 Å². The van der Waals surface area contributed by atoms with Gasteiger partial charge in [-0.25, -0.2) is 8.42 Å². The Labute approximate surface area is 138 Å². The molecule has 0 aromatic heterocycles. The number of amides is 2. The van der Waals surface area contributed by atoms with Gasteiger partial charge >= 0.3 is 0 Å². The summed E-state index contributed by atoms with van der Waals surface area (Å²) in [6, 6.07) is 0. The molecule has 2 saturated heterocycles. The van der Waals surface area contributed by atoms with Gasteiger partial charge in [-0.05, 0) is 6.92 Å². The van der Waals surface area contributed by atoms with Gasteiger partial charge in [0.15, 0.2) is 0 Å². The van der Waals surface area contributed by atoms with Crippen LogP contribution in [-0.4, -0.2) is 104 Å². The third-order valence-corrected chi connectivity index (χ3v) is 6.41. The van der Waals surface area contributed by atoms with Crippen LogP contribution in [0.5, 0.6) is 0 Å². The SMILES string of the molecule is CCS(=O)(=O)N1CCN(CC(=O)N2CCN(C(C)=O)CC2)CC1. The predicted molar refractivity (Wildman–Crippen MR) is 86.3 cm³/mol. The van der Waals surface area contributed by atoms with E-state index in [1.54, 1.807) is 23.6 Å². The molecular formula is C14H26N4O4S. The molecular weight excluding hydrogens is 320 g/mol. The number of carbonyl (C=O) groups is 2. The average Bonchev–Trinajstić information content (AvgIpc) is 2.55. The van der Waals surface area contributed by atoms with E-state index in [9.17, 15) is 18.0 Å². The van der Waals surface area contributed by atoms with E-state index in [1.807, 2.05) is 4.90 Å². The van der Waals surface area contributed by atoms with Crippen molar-refractivity contribution in [3.05, 3.63) is 0 Å². The largest absolute Gasteiger partial charge is 0.339 e. The first-order valence-corrected chi connectivity index (χ1v) is 9.68. The summed E-state index contributed by atoms with van der Waals surface area (Å²) < 4.78 is 25.1. The van der Waals surface area contributed by atoms with Crippen LogP contribution in [0.1, 0.15) is 13.8 Å². The zero-order chi connectivity index (χ0) is 17.0. The zero-order valence-electron chi connectivity index (χ0n) is 13.9. The highest BCUT2D eigenvalue weighted by atomic mass is 32.2. The third kappa shape index (κ3) is 4.65. The second kappa shape index (κ2) is 7.59. The van der Waals surface area contributed by atoms with Crippen LogP contribution in [0, 0.1) is 0 Å². The maximum Gasteiger partial charge on any atom is 0.236 e. The summed E-state index contributed by atoms with van der Waals surface area (Å²) in [5.74, 6) is 0.220. The molecule has 0 aliphatic carbocycles. The Hall–Kier alpha value is -1.19. The molecule has 0 saturated carbocycles. The molecule has 2 heterocycles. The van der Waals surface area contributed by atoms with Crippen LogP contribution in [0.4, 0.5) is 0 Å². The molecule has 0 aromatic rings. The van der Waals surface area contributed by atoms with E-state index in [2.05, 4.69) is 0 Å². The van der Waals surface area contributed by atoms with Gasteiger partial charge in [-0.2, -0.15) is 4.31 Å². The van der Waals surface area contributed by atoms with E-state index in [0.29, 0.717) is 58.9 Å². The lowest BCUT2D eigenvalue weighted by Crippen LogP contribution is -2.55. The first-order valence-electron chi connectivity index (χ1n) is 8.07. The number of sulfonamides is 1. The lowest BCUT2D eigenvalue weighted by Gasteiger charge is -2.37. The summed E-state index contributed by atoms with van der Waals surface area (Å²) in [5, 5.41) is 0. The van der Waals surface area contributed by atoms with E-state index in [0.717, 1.165) is 0 Å².